The largest absolute Gasteiger partial charge is 0.507 e. The normalized spacial score (nSPS) is 12.0. The van der Waals surface area contributed by atoms with E-state index in [1.807, 2.05) is 30.5 Å². The van der Waals surface area contributed by atoms with Gasteiger partial charge < -0.3 is 5.11 Å². The summed E-state index contributed by atoms with van der Waals surface area (Å²) in [5, 5.41) is 11.3. The number of fused-ring (bicyclic) bond motifs is 1. The van der Waals surface area contributed by atoms with E-state index in [-0.39, 0.29) is 16.6 Å². The van der Waals surface area contributed by atoms with Crippen molar-refractivity contribution in [3.63, 3.8) is 0 Å². The van der Waals surface area contributed by atoms with Crippen molar-refractivity contribution in [2.75, 3.05) is 0 Å². The molecule has 0 saturated carbocycles. The second-order valence-electron chi connectivity index (χ2n) is 16.2. The van der Waals surface area contributed by atoms with Gasteiger partial charge in [0.15, 0.2) is 0 Å². The number of hydrogen-bond donors (Lipinski definition) is 1. The second-order valence-corrected chi connectivity index (χ2v) is 16.2. The van der Waals surface area contributed by atoms with Crippen LogP contribution in [-0.4, -0.2) is 19.6 Å². The highest BCUT2D eigenvalue weighted by Gasteiger charge is 2.26. The molecule has 4 heteroatoms. The van der Waals surface area contributed by atoms with Gasteiger partial charge in [-0.2, -0.15) is 0 Å². The summed E-state index contributed by atoms with van der Waals surface area (Å²) >= 11 is 0. The number of phenols is 1. The van der Waals surface area contributed by atoms with Gasteiger partial charge in [-0.15, -0.1) is 0 Å². The molecule has 0 atom stereocenters. The molecule has 0 spiro atoms. The fourth-order valence-electron chi connectivity index (χ4n) is 7.32. The van der Waals surface area contributed by atoms with Crippen LogP contribution in [0.5, 0.6) is 5.75 Å². The summed E-state index contributed by atoms with van der Waals surface area (Å²) in [6.45, 7) is 13.5. The average Bonchev–Trinajstić information content (AvgIpc) is 3.57. The summed E-state index contributed by atoms with van der Waals surface area (Å²) in [6.07, 6.45) is 1.90. The second kappa shape index (κ2) is 13.6. The first-order chi connectivity index (χ1) is 26.0. The maximum absolute atomic E-state index is 11.3. The predicted molar refractivity (Wildman–Crippen MR) is 225 cm³/mol. The van der Waals surface area contributed by atoms with Crippen molar-refractivity contribution in [2.45, 2.75) is 52.4 Å². The van der Waals surface area contributed by atoms with E-state index in [0.29, 0.717) is 11.4 Å². The highest BCUT2D eigenvalue weighted by Crippen LogP contribution is 2.42. The van der Waals surface area contributed by atoms with Crippen LogP contribution in [0.1, 0.15) is 52.7 Å². The van der Waals surface area contributed by atoms with Gasteiger partial charge in [-0.25, -0.2) is 4.98 Å². The molecule has 8 rings (SSSR count). The van der Waals surface area contributed by atoms with Gasteiger partial charge in [-0.3, -0.25) is 9.55 Å². The Morgan fingerprint density at radius 1 is 0.500 bits per heavy atom. The molecule has 4 nitrogen and oxygen atoms in total. The van der Waals surface area contributed by atoms with Crippen LogP contribution in [-0.2, 0) is 10.8 Å². The third kappa shape index (κ3) is 6.60. The third-order valence-electron chi connectivity index (χ3n) is 10.3. The van der Waals surface area contributed by atoms with E-state index >= 15 is 0 Å². The fourth-order valence-corrected chi connectivity index (χ4v) is 7.32. The van der Waals surface area contributed by atoms with Gasteiger partial charge in [0, 0.05) is 17.3 Å². The number of nitrogens with zero attached hydrogens (tertiary/aromatic N) is 3. The Morgan fingerprint density at radius 2 is 1.13 bits per heavy atom. The maximum Gasteiger partial charge on any atom is 0.149 e. The van der Waals surface area contributed by atoms with Crippen LogP contribution in [0.15, 0.2) is 158 Å². The molecule has 2 aromatic heterocycles. The van der Waals surface area contributed by atoms with E-state index in [1.165, 1.54) is 16.7 Å². The number of aromatic hydroxyl groups is 1. The molecular weight excluding hydrogens is 659 g/mol. The van der Waals surface area contributed by atoms with E-state index in [9.17, 15) is 5.11 Å². The number of para-hydroxylation sites is 2. The lowest BCUT2D eigenvalue weighted by Gasteiger charge is -2.25. The lowest BCUT2D eigenvalue weighted by Crippen LogP contribution is -2.16. The number of benzene rings is 6. The van der Waals surface area contributed by atoms with Crippen molar-refractivity contribution in [1.82, 2.24) is 14.5 Å². The minimum Gasteiger partial charge on any atom is -0.507 e. The molecule has 0 saturated heterocycles. The van der Waals surface area contributed by atoms with Gasteiger partial charge in [0.25, 0.3) is 0 Å². The van der Waals surface area contributed by atoms with E-state index < -0.39 is 0 Å². The molecule has 0 aliphatic carbocycles. The van der Waals surface area contributed by atoms with Crippen LogP contribution in [0.25, 0.3) is 72.7 Å². The molecule has 0 amide bonds. The van der Waals surface area contributed by atoms with Crippen LogP contribution in [0.3, 0.4) is 0 Å². The molecule has 0 fully saturated rings. The van der Waals surface area contributed by atoms with Crippen LogP contribution in [0.4, 0.5) is 0 Å². The van der Waals surface area contributed by atoms with Crippen LogP contribution in [0.2, 0.25) is 0 Å². The van der Waals surface area contributed by atoms with Crippen LogP contribution >= 0.6 is 0 Å². The molecule has 0 bridgehead atoms. The summed E-state index contributed by atoms with van der Waals surface area (Å²) in [7, 11) is 0. The fraction of sp³-hybridized carbons (Fsp3) is 0.160. The summed E-state index contributed by atoms with van der Waals surface area (Å²) in [5.41, 5.74) is 14.3. The number of aromatic nitrogens is 3. The van der Waals surface area contributed by atoms with Gasteiger partial charge in [0.1, 0.15) is 11.6 Å². The Balaban J connectivity index is 1.38. The minimum absolute atomic E-state index is 0.113. The summed E-state index contributed by atoms with van der Waals surface area (Å²) in [6, 6.07) is 52.7. The summed E-state index contributed by atoms with van der Waals surface area (Å²) < 4.78 is 2.24. The van der Waals surface area contributed by atoms with E-state index in [2.05, 4.69) is 167 Å². The molecular formula is C50H45N3O. The molecule has 0 radical (unpaired) electrons. The molecule has 8 aromatic rings. The highest BCUT2D eigenvalue weighted by atomic mass is 16.3. The number of imidazole rings is 1. The highest BCUT2D eigenvalue weighted by molar-refractivity contribution is 5.97. The maximum atomic E-state index is 11.3. The Labute approximate surface area is 318 Å². The SMILES string of the molecule is CC(C)(C)c1cc(-c2cc(-c3ccccc3)ccn2)cc(-c2cccc3c2nc(-c2ccccc2O)n3-c2ccc(-c3ccccc3)cc2C(C)(C)C)c1. The molecule has 0 aliphatic heterocycles. The smallest absolute Gasteiger partial charge is 0.149 e. The molecule has 0 aliphatic rings. The van der Waals surface area contributed by atoms with Gasteiger partial charge in [0.05, 0.1) is 28.0 Å². The first kappa shape index (κ1) is 34.8. The predicted octanol–water partition coefficient (Wildman–Crippen LogP) is 13.1. The quantitative estimate of drug-likeness (QED) is 0.188. The Kier molecular flexibility index (Phi) is 8.78. The lowest BCUT2D eigenvalue weighted by atomic mass is 9.83. The van der Waals surface area contributed by atoms with Gasteiger partial charge >= 0.3 is 0 Å². The van der Waals surface area contributed by atoms with Crippen molar-refractivity contribution >= 4 is 11.0 Å². The Bertz CT molecular complexity index is 2620. The van der Waals surface area contributed by atoms with Crippen LogP contribution in [0, 0.1) is 0 Å². The number of phenolic OH excluding ortho intramolecular Hbond substituents is 1. The first-order valence-electron chi connectivity index (χ1n) is 18.6. The van der Waals surface area contributed by atoms with Crippen molar-refractivity contribution in [1.29, 1.82) is 0 Å². The third-order valence-corrected chi connectivity index (χ3v) is 10.3. The zero-order valence-corrected chi connectivity index (χ0v) is 31.8. The number of pyridine rings is 1. The van der Waals surface area contributed by atoms with Gasteiger partial charge in [-0.05, 0) is 104 Å². The van der Waals surface area contributed by atoms with Crippen molar-refractivity contribution < 1.29 is 5.11 Å². The van der Waals surface area contributed by atoms with Crippen LogP contribution < -0.4 is 0 Å². The van der Waals surface area contributed by atoms with Crippen molar-refractivity contribution in [3.05, 3.63) is 169 Å². The minimum atomic E-state index is -0.193. The molecule has 2 heterocycles. The van der Waals surface area contributed by atoms with Crippen molar-refractivity contribution in [3.8, 4) is 67.5 Å². The summed E-state index contributed by atoms with van der Waals surface area (Å²) in [4.78, 5) is 10.3. The number of rotatable bonds is 6. The molecule has 1 N–H and O–H groups in total. The molecule has 6 aromatic carbocycles. The standard InChI is InChI=1S/C50H45N3O/c1-49(2,3)39-29-37(28-38(30-39)43-32-36(26-27-51-43)34-18-11-8-12-19-34)40-21-15-22-45-47(40)52-48(41-20-13-14-23-46(41)54)53(45)44-25-24-35(31-42(44)50(4,5)6)33-16-9-7-10-17-33/h7-32,54H,1-6H3. The van der Waals surface area contributed by atoms with E-state index in [4.69, 9.17) is 9.97 Å². The average molecular weight is 704 g/mol. The molecule has 54 heavy (non-hydrogen) atoms. The zero-order valence-electron chi connectivity index (χ0n) is 31.8. The Morgan fingerprint density at radius 3 is 1.80 bits per heavy atom. The van der Waals surface area contributed by atoms with E-state index in [0.717, 1.165) is 55.8 Å². The monoisotopic (exact) mass is 703 g/mol. The van der Waals surface area contributed by atoms with Crippen molar-refractivity contribution in [2.24, 2.45) is 0 Å². The van der Waals surface area contributed by atoms with E-state index in [1.54, 1.807) is 6.07 Å². The zero-order chi connectivity index (χ0) is 37.6. The number of hydrogen-bond acceptors (Lipinski definition) is 3. The summed E-state index contributed by atoms with van der Waals surface area (Å²) in [5.74, 6) is 0.883. The molecule has 0 unspecified atom stereocenters. The van der Waals surface area contributed by atoms with Gasteiger partial charge in [-0.1, -0.05) is 139 Å². The Hall–Kier alpha value is -6.26. The van der Waals surface area contributed by atoms with Gasteiger partial charge in [0.2, 0.25) is 0 Å². The lowest BCUT2D eigenvalue weighted by molar-refractivity contribution is 0.477. The topological polar surface area (TPSA) is 50.9 Å². The first-order valence-corrected chi connectivity index (χ1v) is 18.6. The molecule has 266 valence electrons.